The molecule has 10 heteroatoms. The second-order valence-corrected chi connectivity index (χ2v) is 10.1. The monoisotopic (exact) mass is 472 g/mol. The van der Waals surface area contributed by atoms with Gasteiger partial charge in [-0.1, -0.05) is 23.7 Å². The third-order valence-electron chi connectivity index (χ3n) is 4.41. The van der Waals surface area contributed by atoms with E-state index in [2.05, 4.69) is 20.0 Å². The highest BCUT2D eigenvalue weighted by atomic mass is 35.5. The van der Waals surface area contributed by atoms with Gasteiger partial charge in [-0.3, -0.25) is 14.5 Å². The summed E-state index contributed by atoms with van der Waals surface area (Å²) in [5.74, 6) is -0.410. The van der Waals surface area contributed by atoms with Crippen LogP contribution in [-0.2, 0) is 14.8 Å². The standard InChI is InChI=1S/C21H17ClN4O3S2/c1-2-31(28,29)26-15-6-7-16(22)18(12-15)24-21-25-20(27)19(30-21)11-13-5-8-17-14(10-13)4-3-9-23-17/h3-12,26H,2H2,1H3,(H,24,25,27)/b19-11-. The summed E-state index contributed by atoms with van der Waals surface area (Å²) >= 11 is 7.41. The van der Waals surface area contributed by atoms with Crippen molar-refractivity contribution in [2.45, 2.75) is 6.92 Å². The zero-order valence-electron chi connectivity index (χ0n) is 16.3. The lowest BCUT2D eigenvalue weighted by Gasteiger charge is -2.11. The summed E-state index contributed by atoms with van der Waals surface area (Å²) < 4.78 is 26.1. The van der Waals surface area contributed by atoms with Crippen LogP contribution in [0.4, 0.5) is 11.4 Å². The molecule has 2 heterocycles. The molecule has 0 fully saturated rings. The molecule has 31 heavy (non-hydrogen) atoms. The molecule has 0 atom stereocenters. The normalized spacial score (nSPS) is 15.4. The van der Waals surface area contributed by atoms with E-state index < -0.39 is 10.0 Å². The van der Waals surface area contributed by atoms with Crippen LogP contribution in [0.3, 0.4) is 0 Å². The highest BCUT2D eigenvalue weighted by molar-refractivity contribution is 8.18. The van der Waals surface area contributed by atoms with Gasteiger partial charge in [0.05, 0.1) is 32.6 Å². The third kappa shape index (κ3) is 5.07. The molecule has 1 aromatic heterocycles. The number of hydrogen-bond acceptors (Lipinski definition) is 6. The summed E-state index contributed by atoms with van der Waals surface area (Å²) in [6.07, 6.45) is 3.50. The number of carbonyl (C=O) groups is 1. The van der Waals surface area contributed by atoms with Gasteiger partial charge in [-0.05, 0) is 66.7 Å². The molecule has 0 radical (unpaired) electrons. The summed E-state index contributed by atoms with van der Waals surface area (Å²) in [7, 11) is -3.42. The summed E-state index contributed by atoms with van der Waals surface area (Å²) in [6.45, 7) is 1.55. The smallest absolute Gasteiger partial charge is 0.286 e. The minimum Gasteiger partial charge on any atom is -0.333 e. The van der Waals surface area contributed by atoms with Crippen LogP contribution in [0.5, 0.6) is 0 Å². The number of aliphatic imine (C=N–C) groups is 1. The number of hydrogen-bond donors (Lipinski definition) is 2. The maximum absolute atomic E-state index is 12.4. The average molecular weight is 473 g/mol. The largest absolute Gasteiger partial charge is 0.333 e. The maximum Gasteiger partial charge on any atom is 0.286 e. The number of aromatic nitrogens is 1. The van der Waals surface area contributed by atoms with Crippen LogP contribution in [0.15, 0.2) is 64.6 Å². The van der Waals surface area contributed by atoms with Crippen molar-refractivity contribution in [3.8, 4) is 0 Å². The number of anilines is 2. The van der Waals surface area contributed by atoms with Crippen LogP contribution in [0.1, 0.15) is 12.5 Å². The first-order chi connectivity index (χ1) is 14.8. The van der Waals surface area contributed by atoms with Crippen molar-refractivity contribution in [3.05, 3.63) is 70.2 Å². The number of thioether (sulfide) groups is 1. The van der Waals surface area contributed by atoms with Crippen LogP contribution in [0.2, 0.25) is 5.02 Å². The van der Waals surface area contributed by atoms with Crippen molar-refractivity contribution in [1.82, 2.24) is 4.98 Å². The molecule has 2 N–H and O–H groups in total. The van der Waals surface area contributed by atoms with E-state index >= 15 is 0 Å². The van der Waals surface area contributed by atoms with Crippen molar-refractivity contribution in [2.75, 3.05) is 15.8 Å². The number of fused-ring (bicyclic) bond motifs is 1. The Balaban J connectivity index is 1.53. The molecular formula is C21H17ClN4O3S2. The van der Waals surface area contributed by atoms with Gasteiger partial charge in [0.1, 0.15) is 0 Å². The lowest BCUT2D eigenvalue weighted by Crippen LogP contribution is -2.15. The molecule has 0 bridgehead atoms. The number of amidine groups is 1. The Bertz CT molecular complexity index is 1350. The number of carbonyl (C=O) groups excluding carboxylic acids is 1. The van der Waals surface area contributed by atoms with Crippen LogP contribution in [0.25, 0.3) is 17.0 Å². The van der Waals surface area contributed by atoms with Gasteiger partial charge in [-0.2, -0.15) is 4.99 Å². The van der Waals surface area contributed by atoms with Gasteiger partial charge >= 0.3 is 0 Å². The predicted molar refractivity (Wildman–Crippen MR) is 128 cm³/mol. The lowest BCUT2D eigenvalue weighted by molar-refractivity contribution is -0.113. The van der Waals surface area contributed by atoms with Crippen molar-refractivity contribution in [2.24, 2.45) is 4.99 Å². The van der Waals surface area contributed by atoms with E-state index in [4.69, 9.17) is 11.6 Å². The second kappa shape index (κ2) is 8.70. The number of amides is 1. The number of nitrogens with zero attached hydrogens (tertiary/aromatic N) is 2. The van der Waals surface area contributed by atoms with E-state index in [9.17, 15) is 13.2 Å². The average Bonchev–Trinajstić information content (AvgIpc) is 3.09. The van der Waals surface area contributed by atoms with Gasteiger partial charge in [-0.15, -0.1) is 0 Å². The molecule has 1 aliphatic rings. The SMILES string of the molecule is CCS(=O)(=O)Nc1ccc(Cl)c(NC2=NC(=O)/C(=C/c3ccc4ncccc4c3)S2)c1. The van der Waals surface area contributed by atoms with Gasteiger partial charge in [-0.25, -0.2) is 8.42 Å². The highest BCUT2D eigenvalue weighted by Crippen LogP contribution is 2.33. The molecule has 0 saturated carbocycles. The van der Waals surface area contributed by atoms with Crippen LogP contribution >= 0.6 is 23.4 Å². The first-order valence-corrected chi connectivity index (χ1v) is 12.1. The molecular weight excluding hydrogens is 456 g/mol. The number of pyridine rings is 1. The zero-order chi connectivity index (χ0) is 22.0. The predicted octanol–water partition coefficient (Wildman–Crippen LogP) is 4.73. The van der Waals surface area contributed by atoms with Crippen molar-refractivity contribution < 1.29 is 13.2 Å². The van der Waals surface area contributed by atoms with Crippen molar-refractivity contribution in [1.29, 1.82) is 0 Å². The van der Waals surface area contributed by atoms with E-state index in [0.717, 1.165) is 16.5 Å². The third-order valence-corrected chi connectivity index (χ3v) is 6.94. The second-order valence-electron chi connectivity index (χ2n) is 6.61. The number of nitrogens with one attached hydrogen (secondary N) is 2. The molecule has 1 aliphatic heterocycles. The molecule has 158 valence electrons. The van der Waals surface area contributed by atoms with Crippen molar-refractivity contribution in [3.63, 3.8) is 0 Å². The Hall–Kier alpha value is -2.88. The number of halogens is 1. The van der Waals surface area contributed by atoms with Crippen molar-refractivity contribution >= 4 is 72.8 Å². The molecule has 0 aliphatic carbocycles. The molecule has 3 aromatic rings. The zero-order valence-corrected chi connectivity index (χ0v) is 18.7. The van der Waals surface area contributed by atoms with Crippen LogP contribution in [0, 0.1) is 0 Å². The Morgan fingerprint density at radius 1 is 1.16 bits per heavy atom. The van der Waals surface area contributed by atoms with E-state index in [0.29, 0.717) is 26.5 Å². The molecule has 0 spiro atoms. The summed E-state index contributed by atoms with van der Waals surface area (Å²) in [6, 6.07) is 14.2. The van der Waals surface area contributed by atoms with Crippen LogP contribution < -0.4 is 10.0 Å². The first-order valence-electron chi connectivity index (χ1n) is 9.27. The summed E-state index contributed by atoms with van der Waals surface area (Å²) in [5, 5.41) is 4.71. The van der Waals surface area contributed by atoms with E-state index in [1.54, 1.807) is 37.4 Å². The summed E-state index contributed by atoms with van der Waals surface area (Å²) in [5.41, 5.74) is 2.54. The lowest BCUT2D eigenvalue weighted by atomic mass is 10.1. The van der Waals surface area contributed by atoms with Gasteiger partial charge in [0.15, 0.2) is 5.17 Å². The molecule has 1 amide bonds. The highest BCUT2D eigenvalue weighted by Gasteiger charge is 2.23. The Labute approximate surface area is 188 Å². The minimum atomic E-state index is -3.42. The molecule has 0 unspecified atom stereocenters. The Morgan fingerprint density at radius 2 is 2.00 bits per heavy atom. The Morgan fingerprint density at radius 3 is 2.81 bits per heavy atom. The van der Waals surface area contributed by atoms with E-state index in [-0.39, 0.29) is 11.7 Å². The fraction of sp³-hybridized carbons (Fsp3) is 0.0952. The quantitative estimate of drug-likeness (QED) is 0.520. The topological polar surface area (TPSA) is 101 Å². The molecule has 7 nitrogen and oxygen atoms in total. The molecule has 2 aromatic carbocycles. The van der Waals surface area contributed by atoms with Gasteiger partial charge in [0, 0.05) is 11.6 Å². The minimum absolute atomic E-state index is 0.0472. The molecule has 4 rings (SSSR count). The number of sulfonamides is 1. The number of benzene rings is 2. The van der Waals surface area contributed by atoms with Gasteiger partial charge in [0.25, 0.3) is 5.91 Å². The summed E-state index contributed by atoms with van der Waals surface area (Å²) in [4.78, 5) is 21.2. The Kier molecular flexibility index (Phi) is 5.99. The van der Waals surface area contributed by atoms with E-state index in [1.165, 1.54) is 11.8 Å². The fourth-order valence-corrected chi connectivity index (χ4v) is 4.47. The molecule has 0 saturated heterocycles. The number of rotatable bonds is 5. The van der Waals surface area contributed by atoms with E-state index in [1.807, 2.05) is 30.3 Å². The fourth-order valence-electron chi connectivity index (χ4n) is 2.85. The first kappa shape index (κ1) is 21.4. The van der Waals surface area contributed by atoms with Crippen LogP contribution in [-0.4, -0.2) is 30.2 Å². The van der Waals surface area contributed by atoms with Gasteiger partial charge < -0.3 is 5.32 Å². The van der Waals surface area contributed by atoms with Gasteiger partial charge in [0.2, 0.25) is 10.0 Å². The maximum atomic E-state index is 12.4.